The third-order valence-corrected chi connectivity index (χ3v) is 3.19. The molecule has 0 fully saturated rings. The van der Waals surface area contributed by atoms with Gasteiger partial charge in [0.25, 0.3) is 0 Å². The van der Waals surface area contributed by atoms with Crippen LogP contribution in [0.5, 0.6) is 0 Å². The smallest absolute Gasteiger partial charge is 0.243 e. The van der Waals surface area contributed by atoms with Gasteiger partial charge in [-0.3, -0.25) is 0 Å². The van der Waals surface area contributed by atoms with E-state index in [4.69, 9.17) is 0 Å². The van der Waals surface area contributed by atoms with Gasteiger partial charge in [-0.15, -0.1) is 5.10 Å². The van der Waals surface area contributed by atoms with Gasteiger partial charge in [0.05, 0.1) is 6.04 Å². The number of aryl methyl sites for hydroxylation is 1. The van der Waals surface area contributed by atoms with E-state index in [9.17, 15) is 4.39 Å². The van der Waals surface area contributed by atoms with Crippen molar-refractivity contribution < 1.29 is 4.39 Å². The molecule has 1 unspecified atom stereocenters. The first kappa shape index (κ1) is 12.6. The molecular weight excluding hydrogens is 255 g/mol. The molecule has 0 saturated carbocycles. The average molecular weight is 270 g/mol. The van der Waals surface area contributed by atoms with Crippen LogP contribution in [0.4, 0.5) is 10.3 Å². The predicted molar refractivity (Wildman–Crippen MR) is 76.2 cm³/mol. The van der Waals surface area contributed by atoms with E-state index in [1.807, 2.05) is 38.2 Å². The molecule has 1 N–H and O–H groups in total. The highest BCUT2D eigenvalue weighted by Gasteiger charge is 2.10. The van der Waals surface area contributed by atoms with Crippen LogP contribution in [-0.4, -0.2) is 14.6 Å². The Bertz CT molecular complexity index is 750. The van der Waals surface area contributed by atoms with Crippen molar-refractivity contribution in [2.45, 2.75) is 19.9 Å². The highest BCUT2D eigenvalue weighted by molar-refractivity contribution is 5.46. The lowest BCUT2D eigenvalue weighted by atomic mass is 10.1. The number of nitrogens with one attached hydrogen (secondary N) is 1. The third-order valence-electron chi connectivity index (χ3n) is 3.19. The fourth-order valence-electron chi connectivity index (χ4n) is 2.10. The molecule has 2 aromatic heterocycles. The minimum atomic E-state index is -0.241. The van der Waals surface area contributed by atoms with Crippen LogP contribution in [0.25, 0.3) is 5.65 Å². The Morgan fingerprint density at radius 2 is 2.10 bits per heavy atom. The van der Waals surface area contributed by atoms with Crippen LogP contribution in [-0.2, 0) is 0 Å². The summed E-state index contributed by atoms with van der Waals surface area (Å²) < 4.78 is 14.9. The molecule has 3 rings (SSSR count). The molecule has 0 spiro atoms. The Morgan fingerprint density at radius 1 is 1.25 bits per heavy atom. The van der Waals surface area contributed by atoms with E-state index in [2.05, 4.69) is 15.4 Å². The highest BCUT2D eigenvalue weighted by atomic mass is 19.1. The lowest BCUT2D eigenvalue weighted by molar-refractivity contribution is 0.623. The number of hydrogen-bond donors (Lipinski definition) is 1. The molecule has 0 aliphatic rings. The van der Waals surface area contributed by atoms with Crippen molar-refractivity contribution in [3.63, 3.8) is 0 Å². The number of fused-ring (bicyclic) bond motifs is 1. The Labute approximate surface area is 116 Å². The van der Waals surface area contributed by atoms with Crippen molar-refractivity contribution in [2.24, 2.45) is 0 Å². The fraction of sp³-hybridized carbons (Fsp3) is 0.200. The van der Waals surface area contributed by atoms with Crippen molar-refractivity contribution >= 4 is 11.6 Å². The van der Waals surface area contributed by atoms with Gasteiger partial charge in [0.15, 0.2) is 5.65 Å². The van der Waals surface area contributed by atoms with Gasteiger partial charge in [0.1, 0.15) is 5.82 Å². The van der Waals surface area contributed by atoms with Gasteiger partial charge in [0, 0.05) is 6.20 Å². The number of pyridine rings is 1. The highest BCUT2D eigenvalue weighted by Crippen LogP contribution is 2.18. The Balaban J connectivity index is 1.85. The Morgan fingerprint density at radius 3 is 2.90 bits per heavy atom. The molecule has 0 saturated heterocycles. The summed E-state index contributed by atoms with van der Waals surface area (Å²) in [6.45, 7) is 3.96. The van der Waals surface area contributed by atoms with Gasteiger partial charge in [-0.2, -0.15) is 4.98 Å². The molecule has 5 heteroatoms. The fourth-order valence-corrected chi connectivity index (χ4v) is 2.10. The first-order valence-electron chi connectivity index (χ1n) is 6.47. The van der Waals surface area contributed by atoms with E-state index in [1.54, 1.807) is 10.6 Å². The topological polar surface area (TPSA) is 42.2 Å². The van der Waals surface area contributed by atoms with Crippen LogP contribution in [0.2, 0.25) is 0 Å². The van der Waals surface area contributed by atoms with Crippen LogP contribution in [0.3, 0.4) is 0 Å². The number of benzene rings is 1. The van der Waals surface area contributed by atoms with Gasteiger partial charge < -0.3 is 5.32 Å². The number of anilines is 1. The molecule has 1 aromatic carbocycles. The van der Waals surface area contributed by atoms with Crippen LogP contribution >= 0.6 is 0 Å². The summed E-state index contributed by atoms with van der Waals surface area (Å²) in [5, 5.41) is 7.53. The zero-order valence-electron chi connectivity index (χ0n) is 11.3. The quantitative estimate of drug-likeness (QED) is 0.793. The summed E-state index contributed by atoms with van der Waals surface area (Å²) in [7, 11) is 0. The molecule has 0 radical (unpaired) electrons. The van der Waals surface area contributed by atoms with E-state index >= 15 is 0 Å². The van der Waals surface area contributed by atoms with Gasteiger partial charge in [-0.25, -0.2) is 8.91 Å². The first-order chi connectivity index (χ1) is 9.61. The number of hydrogen-bond acceptors (Lipinski definition) is 3. The molecular formula is C15H15FN4. The Kier molecular flexibility index (Phi) is 3.10. The van der Waals surface area contributed by atoms with Crippen molar-refractivity contribution in [2.75, 3.05) is 5.32 Å². The molecule has 102 valence electrons. The summed E-state index contributed by atoms with van der Waals surface area (Å²) in [4.78, 5) is 4.41. The molecule has 0 aliphatic heterocycles. The number of halogens is 1. The lowest BCUT2D eigenvalue weighted by Gasteiger charge is -2.12. The summed E-state index contributed by atoms with van der Waals surface area (Å²) in [5.74, 6) is 0.294. The van der Waals surface area contributed by atoms with Crippen LogP contribution in [0, 0.1) is 12.7 Å². The predicted octanol–water partition coefficient (Wildman–Crippen LogP) is 3.35. The van der Waals surface area contributed by atoms with Gasteiger partial charge in [-0.05, 0) is 49.2 Å². The number of nitrogens with zero attached hydrogens (tertiary/aromatic N) is 3. The van der Waals surface area contributed by atoms with Gasteiger partial charge in [-0.1, -0.05) is 12.1 Å². The molecule has 0 amide bonds. The first-order valence-corrected chi connectivity index (χ1v) is 6.47. The average Bonchev–Trinajstić information content (AvgIpc) is 2.80. The largest absolute Gasteiger partial charge is 0.346 e. The normalized spacial score (nSPS) is 12.6. The molecule has 20 heavy (non-hydrogen) atoms. The van der Waals surface area contributed by atoms with Crippen LogP contribution < -0.4 is 5.32 Å². The Hall–Kier alpha value is -2.43. The second kappa shape index (κ2) is 4.92. The molecule has 1 atom stereocenters. The minimum absolute atomic E-state index is 0.0655. The van der Waals surface area contributed by atoms with Gasteiger partial charge >= 0.3 is 0 Å². The maximum atomic E-state index is 13.2. The van der Waals surface area contributed by atoms with Gasteiger partial charge in [0.2, 0.25) is 5.95 Å². The minimum Gasteiger partial charge on any atom is -0.346 e. The monoisotopic (exact) mass is 270 g/mol. The molecule has 0 bridgehead atoms. The summed E-state index contributed by atoms with van der Waals surface area (Å²) in [5.41, 5.74) is 2.79. The van der Waals surface area contributed by atoms with E-state index in [-0.39, 0.29) is 11.9 Å². The summed E-state index contributed by atoms with van der Waals surface area (Å²) >= 11 is 0. The number of aromatic nitrogens is 3. The van der Waals surface area contributed by atoms with E-state index in [0.717, 1.165) is 16.8 Å². The van der Waals surface area contributed by atoms with Crippen LogP contribution in [0.15, 0.2) is 42.6 Å². The standard InChI is InChI=1S/C15H15FN4/c1-10-6-7-20-14(8-10)18-15(19-20)17-11(2)12-4-3-5-13(16)9-12/h3-9,11H,1-2H3,(H,17,19). The molecule has 4 nitrogen and oxygen atoms in total. The third kappa shape index (κ3) is 2.47. The maximum absolute atomic E-state index is 13.2. The van der Waals surface area contributed by atoms with E-state index < -0.39 is 0 Å². The second-order valence-electron chi connectivity index (χ2n) is 4.86. The van der Waals surface area contributed by atoms with E-state index in [1.165, 1.54) is 12.1 Å². The van der Waals surface area contributed by atoms with Crippen molar-refractivity contribution in [1.29, 1.82) is 0 Å². The van der Waals surface area contributed by atoms with E-state index in [0.29, 0.717) is 5.95 Å². The number of rotatable bonds is 3. The molecule has 3 aromatic rings. The zero-order chi connectivity index (χ0) is 14.1. The summed E-state index contributed by atoms with van der Waals surface area (Å²) in [6.07, 6.45) is 1.87. The molecule has 2 heterocycles. The van der Waals surface area contributed by atoms with Crippen molar-refractivity contribution in [3.8, 4) is 0 Å². The summed E-state index contributed by atoms with van der Waals surface area (Å²) in [6, 6.07) is 10.4. The lowest BCUT2D eigenvalue weighted by Crippen LogP contribution is -2.08. The van der Waals surface area contributed by atoms with Crippen LogP contribution in [0.1, 0.15) is 24.1 Å². The molecule has 0 aliphatic carbocycles. The maximum Gasteiger partial charge on any atom is 0.243 e. The second-order valence-corrected chi connectivity index (χ2v) is 4.86. The van der Waals surface area contributed by atoms with Crippen molar-refractivity contribution in [1.82, 2.24) is 14.6 Å². The van der Waals surface area contributed by atoms with Crippen molar-refractivity contribution in [3.05, 3.63) is 59.5 Å². The SMILES string of the molecule is Cc1ccn2nc(NC(C)c3cccc(F)c3)nc2c1. The zero-order valence-corrected chi connectivity index (χ0v) is 11.3.